The van der Waals surface area contributed by atoms with E-state index in [2.05, 4.69) is 4.74 Å². The number of rotatable bonds is 1. The fourth-order valence-electron chi connectivity index (χ4n) is 1.66. The second kappa shape index (κ2) is 3.55. The number of alkyl halides is 3. The molecule has 0 aromatic rings. The van der Waals surface area contributed by atoms with Gasteiger partial charge in [0.2, 0.25) is 0 Å². The minimum absolute atomic E-state index is 0.0449. The maximum atomic E-state index is 12.1. The van der Waals surface area contributed by atoms with Gasteiger partial charge in [0, 0.05) is 0 Å². The topological polar surface area (TPSA) is 26.3 Å². The van der Waals surface area contributed by atoms with E-state index in [0.717, 1.165) is 0 Å². The summed E-state index contributed by atoms with van der Waals surface area (Å²) in [6.07, 6.45) is -3.95. The summed E-state index contributed by atoms with van der Waals surface area (Å²) in [5.74, 6) is -2.40. The second-order valence-electron chi connectivity index (χ2n) is 3.27. The van der Waals surface area contributed by atoms with Crippen molar-refractivity contribution in [1.82, 2.24) is 0 Å². The van der Waals surface area contributed by atoms with E-state index in [0.29, 0.717) is 0 Å². The molecule has 0 spiro atoms. The third kappa shape index (κ3) is 2.35. The summed E-state index contributed by atoms with van der Waals surface area (Å²) in [7, 11) is 1.20. The van der Waals surface area contributed by atoms with Gasteiger partial charge in [-0.3, -0.25) is 4.79 Å². The number of carbonyl (C=O) groups excluding carboxylic acids is 1. The lowest BCUT2D eigenvalue weighted by Gasteiger charge is -2.13. The fourth-order valence-corrected chi connectivity index (χ4v) is 1.66. The lowest BCUT2D eigenvalue weighted by atomic mass is 10.1. The van der Waals surface area contributed by atoms with E-state index in [9.17, 15) is 18.0 Å². The van der Waals surface area contributed by atoms with Crippen LogP contribution in [-0.2, 0) is 9.53 Å². The van der Waals surface area contributed by atoms with Crippen molar-refractivity contribution in [3.8, 4) is 0 Å². The summed E-state index contributed by atoms with van der Waals surface area (Å²) in [6, 6.07) is 0. The number of halogens is 3. The van der Waals surface area contributed by atoms with Gasteiger partial charge in [0.25, 0.3) is 0 Å². The first-order chi connectivity index (χ1) is 5.95. The van der Waals surface area contributed by atoms with Gasteiger partial charge in [-0.1, -0.05) is 0 Å². The lowest BCUT2D eigenvalue weighted by molar-refractivity contribution is -0.174. The van der Waals surface area contributed by atoms with Crippen molar-refractivity contribution in [2.45, 2.75) is 25.4 Å². The summed E-state index contributed by atoms with van der Waals surface area (Å²) in [4.78, 5) is 10.9. The van der Waals surface area contributed by atoms with Gasteiger partial charge in [-0.15, -0.1) is 0 Å². The van der Waals surface area contributed by atoms with Gasteiger partial charge in [-0.25, -0.2) is 0 Å². The molecule has 5 heteroatoms. The van der Waals surface area contributed by atoms with Crippen LogP contribution in [0.1, 0.15) is 19.3 Å². The van der Waals surface area contributed by atoms with Crippen LogP contribution in [-0.4, -0.2) is 19.3 Å². The average molecular weight is 196 g/mol. The Labute approximate surface area is 74.1 Å². The molecule has 1 aliphatic rings. The lowest BCUT2D eigenvalue weighted by Crippen LogP contribution is -2.21. The minimum atomic E-state index is -4.16. The molecule has 0 radical (unpaired) electrons. The summed E-state index contributed by atoms with van der Waals surface area (Å²) in [5, 5.41) is 0. The maximum absolute atomic E-state index is 12.1. The zero-order valence-electron chi connectivity index (χ0n) is 7.23. The zero-order chi connectivity index (χ0) is 10.1. The Bertz CT molecular complexity index is 200. The average Bonchev–Trinajstić information content (AvgIpc) is 2.50. The first kappa shape index (κ1) is 10.3. The van der Waals surface area contributed by atoms with E-state index in [1.807, 2.05) is 0 Å². The van der Waals surface area contributed by atoms with Crippen LogP contribution < -0.4 is 0 Å². The van der Waals surface area contributed by atoms with E-state index in [4.69, 9.17) is 0 Å². The Morgan fingerprint density at radius 2 is 2.00 bits per heavy atom. The van der Waals surface area contributed by atoms with Crippen molar-refractivity contribution in [2.75, 3.05) is 7.11 Å². The van der Waals surface area contributed by atoms with E-state index in [1.54, 1.807) is 0 Å². The molecule has 76 valence electrons. The first-order valence-electron chi connectivity index (χ1n) is 4.09. The van der Waals surface area contributed by atoms with Crippen LogP contribution in [0.4, 0.5) is 13.2 Å². The number of methoxy groups -OCH3 is 1. The molecule has 2 nitrogen and oxygen atoms in total. The van der Waals surface area contributed by atoms with Crippen LogP contribution in [0, 0.1) is 11.8 Å². The molecular formula is C8H11F3O2. The molecule has 0 aromatic heterocycles. The minimum Gasteiger partial charge on any atom is -0.469 e. The summed E-state index contributed by atoms with van der Waals surface area (Å²) in [6.45, 7) is 0. The van der Waals surface area contributed by atoms with Crippen LogP contribution in [0.3, 0.4) is 0 Å². The number of esters is 1. The molecule has 1 rings (SSSR count). The molecule has 2 unspecified atom stereocenters. The van der Waals surface area contributed by atoms with Crippen LogP contribution in [0.25, 0.3) is 0 Å². The highest BCUT2D eigenvalue weighted by molar-refractivity contribution is 5.72. The summed E-state index contributed by atoms with van der Waals surface area (Å²) >= 11 is 0. The molecule has 0 N–H and O–H groups in total. The highest BCUT2D eigenvalue weighted by Crippen LogP contribution is 2.41. The summed E-state index contributed by atoms with van der Waals surface area (Å²) in [5.41, 5.74) is 0. The first-order valence-corrected chi connectivity index (χ1v) is 4.09. The van der Waals surface area contributed by atoms with E-state index in [1.165, 1.54) is 7.11 Å². The van der Waals surface area contributed by atoms with Crippen molar-refractivity contribution >= 4 is 5.97 Å². The van der Waals surface area contributed by atoms with Gasteiger partial charge in [-0.2, -0.15) is 13.2 Å². The van der Waals surface area contributed by atoms with Crippen LogP contribution in [0.5, 0.6) is 0 Å². The Balaban J connectivity index is 2.50. The molecule has 0 saturated heterocycles. The molecule has 2 atom stereocenters. The summed E-state index contributed by atoms with van der Waals surface area (Å²) < 4.78 is 40.8. The van der Waals surface area contributed by atoms with Crippen molar-refractivity contribution < 1.29 is 22.7 Å². The highest BCUT2D eigenvalue weighted by atomic mass is 19.4. The van der Waals surface area contributed by atoms with Gasteiger partial charge in [0.05, 0.1) is 18.9 Å². The fraction of sp³-hybridized carbons (Fsp3) is 0.875. The number of hydrogen-bond acceptors (Lipinski definition) is 2. The van der Waals surface area contributed by atoms with Crippen LogP contribution in [0.2, 0.25) is 0 Å². The molecule has 1 fully saturated rings. The van der Waals surface area contributed by atoms with Gasteiger partial charge in [-0.05, 0) is 19.3 Å². The van der Waals surface area contributed by atoms with E-state index < -0.39 is 24.0 Å². The quantitative estimate of drug-likeness (QED) is 0.600. The van der Waals surface area contributed by atoms with Crippen molar-refractivity contribution in [3.05, 3.63) is 0 Å². The molecule has 0 heterocycles. The van der Waals surface area contributed by atoms with Crippen LogP contribution >= 0.6 is 0 Å². The van der Waals surface area contributed by atoms with Crippen LogP contribution in [0.15, 0.2) is 0 Å². The molecule has 1 saturated carbocycles. The molecule has 0 aromatic carbocycles. The Hall–Kier alpha value is -0.740. The van der Waals surface area contributed by atoms with E-state index in [-0.39, 0.29) is 19.3 Å². The predicted molar refractivity (Wildman–Crippen MR) is 38.9 cm³/mol. The molecular weight excluding hydrogens is 185 g/mol. The largest absolute Gasteiger partial charge is 0.469 e. The van der Waals surface area contributed by atoms with Gasteiger partial charge < -0.3 is 4.74 Å². The van der Waals surface area contributed by atoms with Gasteiger partial charge in [0.1, 0.15) is 0 Å². The Morgan fingerprint density at radius 3 is 2.38 bits per heavy atom. The second-order valence-corrected chi connectivity index (χ2v) is 3.27. The standard InChI is InChI=1S/C8H11F3O2/c1-13-7(12)5-2-3-6(4-5)8(9,10)11/h5-6H,2-4H2,1H3. The highest BCUT2D eigenvalue weighted by Gasteiger charge is 2.45. The van der Waals surface area contributed by atoms with Crippen molar-refractivity contribution in [2.24, 2.45) is 11.8 Å². The van der Waals surface area contributed by atoms with Crippen molar-refractivity contribution in [1.29, 1.82) is 0 Å². The maximum Gasteiger partial charge on any atom is 0.391 e. The normalized spacial score (nSPS) is 28.9. The number of carbonyl (C=O) groups is 1. The molecule has 0 bridgehead atoms. The SMILES string of the molecule is COC(=O)C1CCC(C(F)(F)F)C1. The smallest absolute Gasteiger partial charge is 0.391 e. The van der Waals surface area contributed by atoms with E-state index >= 15 is 0 Å². The Kier molecular flexibility index (Phi) is 2.83. The third-order valence-electron chi connectivity index (χ3n) is 2.43. The van der Waals surface area contributed by atoms with Crippen molar-refractivity contribution in [3.63, 3.8) is 0 Å². The molecule has 13 heavy (non-hydrogen) atoms. The van der Waals surface area contributed by atoms with Gasteiger partial charge in [0.15, 0.2) is 0 Å². The number of hydrogen-bond donors (Lipinski definition) is 0. The molecule has 1 aliphatic carbocycles. The Morgan fingerprint density at radius 1 is 1.38 bits per heavy atom. The number of ether oxygens (including phenoxy) is 1. The molecule has 0 amide bonds. The third-order valence-corrected chi connectivity index (χ3v) is 2.43. The zero-order valence-corrected chi connectivity index (χ0v) is 7.23. The molecule has 0 aliphatic heterocycles. The van der Waals surface area contributed by atoms with Gasteiger partial charge >= 0.3 is 12.1 Å². The monoisotopic (exact) mass is 196 g/mol. The predicted octanol–water partition coefficient (Wildman–Crippen LogP) is 2.14.